The maximum Gasteiger partial charge on any atom is 0.236 e. The van der Waals surface area contributed by atoms with E-state index in [1.807, 2.05) is 6.07 Å². The number of benzene rings is 6. The quantitative estimate of drug-likeness (QED) is 0.124. The molecule has 0 N–H and O–H groups in total. The molecule has 5 nitrogen and oxygen atoms in total. The Hall–Kier alpha value is -6.59. The summed E-state index contributed by atoms with van der Waals surface area (Å²) in [6.45, 7) is 4.31. The van der Waals surface area contributed by atoms with E-state index >= 15 is 0 Å². The van der Waals surface area contributed by atoms with E-state index < -0.39 is 0 Å². The summed E-state index contributed by atoms with van der Waals surface area (Å²) in [4.78, 5) is 16.4. The summed E-state index contributed by atoms with van der Waals surface area (Å²) >= 11 is 0. The molecule has 3 heterocycles. The van der Waals surface area contributed by atoms with Gasteiger partial charge in [0, 0.05) is 45.3 Å². The first-order valence-electron chi connectivity index (χ1n) is 18.4. The van der Waals surface area contributed by atoms with E-state index in [-0.39, 0.29) is 5.92 Å². The summed E-state index contributed by atoms with van der Waals surface area (Å²) in [7, 11) is 0. The van der Waals surface area contributed by atoms with Crippen LogP contribution in [0.2, 0.25) is 0 Å². The molecule has 0 amide bonds. The fraction of sp³-hybridized carbons (Fsp3) is 0.104. The molecule has 1 aliphatic heterocycles. The number of rotatable bonds is 6. The van der Waals surface area contributed by atoms with E-state index in [1.165, 1.54) is 21.5 Å². The summed E-state index contributed by atoms with van der Waals surface area (Å²) in [6.07, 6.45) is 6.04. The molecular formula is C48H39N5. The molecule has 0 saturated carbocycles. The molecule has 0 fully saturated rings. The Labute approximate surface area is 309 Å². The van der Waals surface area contributed by atoms with Gasteiger partial charge in [-0.25, -0.2) is 4.99 Å². The van der Waals surface area contributed by atoms with E-state index in [9.17, 15) is 0 Å². The van der Waals surface area contributed by atoms with Crippen LogP contribution in [0.25, 0.3) is 55.1 Å². The molecule has 0 saturated heterocycles. The molecule has 0 aliphatic carbocycles. The second-order valence-electron chi connectivity index (χ2n) is 13.5. The van der Waals surface area contributed by atoms with Crippen molar-refractivity contribution in [3.8, 4) is 0 Å². The Balaban J connectivity index is 1.28. The molecular weight excluding hydrogens is 647 g/mol. The molecule has 2 aromatic heterocycles. The number of allylic oxidation sites excluding steroid dienone is 2. The van der Waals surface area contributed by atoms with Crippen molar-refractivity contribution < 1.29 is 0 Å². The van der Waals surface area contributed by atoms with Crippen molar-refractivity contribution in [1.82, 2.24) is 9.13 Å². The summed E-state index contributed by atoms with van der Waals surface area (Å²) in [5, 5.41) is 4.74. The Morgan fingerprint density at radius 3 is 1.55 bits per heavy atom. The third-order valence-corrected chi connectivity index (χ3v) is 10.2. The molecule has 256 valence electrons. The van der Waals surface area contributed by atoms with Crippen LogP contribution in [-0.4, -0.2) is 26.5 Å². The first-order chi connectivity index (χ1) is 26.2. The normalized spacial score (nSPS) is 15.7. The minimum Gasteiger partial charge on any atom is -0.294 e. The molecule has 9 rings (SSSR count). The van der Waals surface area contributed by atoms with Crippen molar-refractivity contribution in [1.29, 1.82) is 0 Å². The van der Waals surface area contributed by atoms with Crippen molar-refractivity contribution in [3.63, 3.8) is 0 Å². The van der Waals surface area contributed by atoms with Crippen LogP contribution in [0.1, 0.15) is 37.8 Å². The highest BCUT2D eigenvalue weighted by atomic mass is 15.2. The van der Waals surface area contributed by atoms with Gasteiger partial charge in [-0.2, -0.15) is 4.99 Å². The number of aromatic nitrogens is 2. The number of aliphatic imine (C=N–C) groups is 3. The van der Waals surface area contributed by atoms with Gasteiger partial charge < -0.3 is 0 Å². The molecule has 0 radical (unpaired) electrons. The van der Waals surface area contributed by atoms with Crippen LogP contribution < -0.4 is 0 Å². The molecule has 5 heteroatoms. The zero-order valence-electron chi connectivity index (χ0n) is 29.9. The monoisotopic (exact) mass is 685 g/mol. The molecule has 53 heavy (non-hydrogen) atoms. The first-order valence-corrected chi connectivity index (χ1v) is 18.4. The van der Waals surface area contributed by atoms with Gasteiger partial charge >= 0.3 is 0 Å². The number of para-hydroxylation sites is 4. The highest BCUT2D eigenvalue weighted by Gasteiger charge is 2.24. The summed E-state index contributed by atoms with van der Waals surface area (Å²) in [6, 6.07) is 55.3. The van der Waals surface area contributed by atoms with Gasteiger partial charge in [-0.15, -0.1) is 0 Å². The number of hydrogen-bond acceptors (Lipinski definition) is 2. The number of nitrogens with zero attached hydrogens (tertiary/aromatic N) is 5. The number of hydrogen-bond donors (Lipinski definition) is 0. The average Bonchev–Trinajstić information content (AvgIpc) is 3.74. The minimum absolute atomic E-state index is 0.00282. The average molecular weight is 686 g/mol. The van der Waals surface area contributed by atoms with E-state index in [2.05, 4.69) is 187 Å². The molecule has 1 unspecified atom stereocenters. The van der Waals surface area contributed by atoms with Gasteiger partial charge in [-0.3, -0.25) is 14.1 Å². The zero-order valence-corrected chi connectivity index (χ0v) is 29.9. The van der Waals surface area contributed by atoms with Crippen LogP contribution in [0.4, 0.5) is 0 Å². The predicted octanol–water partition coefficient (Wildman–Crippen LogP) is 12.0. The van der Waals surface area contributed by atoms with Crippen LogP contribution >= 0.6 is 0 Å². The predicted molar refractivity (Wildman–Crippen MR) is 225 cm³/mol. The SMILES string of the molecule is CC/C=C(/N=C(N=C(C)C1C=C(c2ccccc2)N=C(c2ccccc2)C1)n1c2ccccc2c2ccccc21)n1c2ccccc2c2ccccc21. The lowest BCUT2D eigenvalue weighted by Gasteiger charge is -2.22. The second-order valence-corrected chi connectivity index (χ2v) is 13.5. The Bertz CT molecular complexity index is 2690. The highest BCUT2D eigenvalue weighted by Crippen LogP contribution is 2.35. The van der Waals surface area contributed by atoms with Crippen LogP contribution in [0.5, 0.6) is 0 Å². The molecule has 6 aromatic carbocycles. The smallest absolute Gasteiger partial charge is 0.236 e. The Morgan fingerprint density at radius 2 is 1.04 bits per heavy atom. The summed E-state index contributed by atoms with van der Waals surface area (Å²) < 4.78 is 4.53. The van der Waals surface area contributed by atoms with Crippen LogP contribution in [0.3, 0.4) is 0 Å². The van der Waals surface area contributed by atoms with Crippen molar-refractivity contribution in [2.24, 2.45) is 20.9 Å². The molecule has 1 atom stereocenters. The molecule has 0 bridgehead atoms. The van der Waals surface area contributed by atoms with Gasteiger partial charge in [-0.1, -0.05) is 140 Å². The van der Waals surface area contributed by atoms with Crippen molar-refractivity contribution in [2.75, 3.05) is 0 Å². The van der Waals surface area contributed by atoms with Crippen molar-refractivity contribution in [3.05, 3.63) is 181 Å². The van der Waals surface area contributed by atoms with E-state index in [0.717, 1.165) is 69.0 Å². The van der Waals surface area contributed by atoms with Gasteiger partial charge in [0.1, 0.15) is 5.82 Å². The van der Waals surface area contributed by atoms with Crippen LogP contribution in [0.15, 0.2) is 185 Å². The Kier molecular flexibility index (Phi) is 8.45. The van der Waals surface area contributed by atoms with E-state index in [1.54, 1.807) is 0 Å². The fourth-order valence-electron chi connectivity index (χ4n) is 7.68. The maximum atomic E-state index is 5.61. The van der Waals surface area contributed by atoms with Gasteiger partial charge in [-0.05, 0) is 60.9 Å². The fourth-order valence-corrected chi connectivity index (χ4v) is 7.68. The maximum absolute atomic E-state index is 5.61. The zero-order chi connectivity index (χ0) is 35.7. The third-order valence-electron chi connectivity index (χ3n) is 10.2. The Morgan fingerprint density at radius 1 is 0.585 bits per heavy atom. The highest BCUT2D eigenvalue weighted by molar-refractivity contribution is 6.17. The number of fused-ring (bicyclic) bond motifs is 6. The minimum atomic E-state index is 0.00282. The molecule has 8 aromatic rings. The first kappa shape index (κ1) is 32.3. The van der Waals surface area contributed by atoms with Gasteiger partial charge in [0.2, 0.25) is 5.96 Å². The van der Waals surface area contributed by atoms with Gasteiger partial charge in [0.05, 0.1) is 27.8 Å². The van der Waals surface area contributed by atoms with Crippen LogP contribution in [-0.2, 0) is 0 Å². The van der Waals surface area contributed by atoms with E-state index in [4.69, 9.17) is 15.0 Å². The lowest BCUT2D eigenvalue weighted by atomic mass is 9.89. The third kappa shape index (κ3) is 5.90. The summed E-state index contributed by atoms with van der Waals surface area (Å²) in [5.41, 5.74) is 9.57. The van der Waals surface area contributed by atoms with Crippen LogP contribution in [0, 0.1) is 5.92 Å². The van der Waals surface area contributed by atoms with Gasteiger partial charge in [0.15, 0.2) is 0 Å². The van der Waals surface area contributed by atoms with E-state index in [0.29, 0.717) is 5.96 Å². The largest absolute Gasteiger partial charge is 0.294 e. The van der Waals surface area contributed by atoms with Crippen molar-refractivity contribution >= 4 is 72.5 Å². The summed E-state index contributed by atoms with van der Waals surface area (Å²) in [5.74, 6) is 1.47. The molecule has 1 aliphatic rings. The lowest BCUT2D eigenvalue weighted by molar-refractivity contribution is 0.891. The standard InChI is InChI=1S/C48H39N5/c1-3-18-47(52-43-27-14-10-23-37(43)38-24-11-15-28-44(38)52)51-48(53-45-29-16-12-25-39(45)40-26-13-17-30-46(40)53)49-33(2)36-31-41(34-19-6-4-7-20-34)50-42(32-36)35-21-8-5-9-22-35/h4-31,36H,3,32H2,1-2H3/b47-18-,49-33?,51-48?. The topological polar surface area (TPSA) is 46.9 Å². The van der Waals surface area contributed by atoms with Crippen molar-refractivity contribution in [2.45, 2.75) is 26.7 Å². The van der Waals surface area contributed by atoms with Gasteiger partial charge in [0.25, 0.3) is 0 Å². The lowest BCUT2D eigenvalue weighted by Crippen LogP contribution is -2.21. The second kappa shape index (κ2) is 13.9. The molecule has 0 spiro atoms.